The zero-order valence-electron chi connectivity index (χ0n) is 13.7. The molecule has 0 saturated carbocycles. The molecule has 1 aromatic rings. The van der Waals surface area contributed by atoms with Gasteiger partial charge in [-0.2, -0.15) is 8.42 Å². The van der Waals surface area contributed by atoms with Crippen LogP contribution in [0.2, 0.25) is 0 Å². The van der Waals surface area contributed by atoms with Crippen LogP contribution in [0.5, 0.6) is 0 Å². The van der Waals surface area contributed by atoms with Crippen molar-refractivity contribution in [3.05, 3.63) is 35.9 Å². The van der Waals surface area contributed by atoms with Crippen molar-refractivity contribution >= 4 is 22.1 Å². The third-order valence-corrected chi connectivity index (χ3v) is 3.90. The molecule has 0 radical (unpaired) electrons. The summed E-state index contributed by atoms with van der Waals surface area (Å²) in [6, 6.07) is 8.13. The molecule has 0 bridgehead atoms. The standard InChI is InChI=1S/C15H23N3O6S/c16-8-4-7-13(14(19)17-9-10-25(21,22)23)18-15(20)24-11-12-5-2-1-3-6-12/h1-3,5-6,13H,4,7-11,16H2,(H,17,19)(H,18,20)(H,21,22,23)/t13-/m0/s1. The van der Waals surface area contributed by atoms with Crippen molar-refractivity contribution in [2.45, 2.75) is 25.5 Å². The quantitative estimate of drug-likeness (QED) is 0.423. The van der Waals surface area contributed by atoms with Crippen LogP contribution in [0.25, 0.3) is 0 Å². The average Bonchev–Trinajstić information content (AvgIpc) is 2.56. The Kier molecular flexibility index (Phi) is 8.89. The lowest BCUT2D eigenvalue weighted by molar-refractivity contribution is -0.123. The Balaban J connectivity index is 2.49. The molecule has 0 saturated heterocycles. The van der Waals surface area contributed by atoms with Crippen molar-refractivity contribution in [1.82, 2.24) is 10.6 Å². The van der Waals surface area contributed by atoms with Gasteiger partial charge in [-0.05, 0) is 24.9 Å². The molecule has 0 spiro atoms. The van der Waals surface area contributed by atoms with Gasteiger partial charge in [0.1, 0.15) is 12.6 Å². The Morgan fingerprint density at radius 1 is 1.24 bits per heavy atom. The van der Waals surface area contributed by atoms with E-state index in [1.807, 2.05) is 18.2 Å². The van der Waals surface area contributed by atoms with Crippen molar-refractivity contribution in [3.8, 4) is 0 Å². The molecule has 0 aliphatic rings. The van der Waals surface area contributed by atoms with Gasteiger partial charge in [0, 0.05) is 6.54 Å². The molecule has 0 aromatic heterocycles. The van der Waals surface area contributed by atoms with Crippen LogP contribution in [0.1, 0.15) is 18.4 Å². The Hall–Kier alpha value is -2.17. The number of hydrogen-bond acceptors (Lipinski definition) is 6. The lowest BCUT2D eigenvalue weighted by Gasteiger charge is -2.18. The van der Waals surface area contributed by atoms with Gasteiger partial charge >= 0.3 is 6.09 Å². The average molecular weight is 373 g/mol. The second kappa shape index (κ2) is 10.6. The fraction of sp³-hybridized carbons (Fsp3) is 0.467. The largest absolute Gasteiger partial charge is 0.445 e. The van der Waals surface area contributed by atoms with E-state index < -0.39 is 33.9 Å². The monoisotopic (exact) mass is 373 g/mol. The summed E-state index contributed by atoms with van der Waals surface area (Å²) in [5, 5.41) is 4.77. The predicted molar refractivity (Wildman–Crippen MR) is 91.3 cm³/mol. The highest BCUT2D eigenvalue weighted by molar-refractivity contribution is 7.85. The lowest BCUT2D eigenvalue weighted by atomic mass is 10.1. The Morgan fingerprint density at radius 2 is 1.92 bits per heavy atom. The van der Waals surface area contributed by atoms with Crippen molar-refractivity contribution in [2.24, 2.45) is 5.73 Å². The number of amides is 2. The van der Waals surface area contributed by atoms with Crippen LogP contribution in [0.15, 0.2) is 30.3 Å². The maximum Gasteiger partial charge on any atom is 0.408 e. The summed E-state index contributed by atoms with van der Waals surface area (Å²) in [6.07, 6.45) is -0.0138. The van der Waals surface area contributed by atoms with Gasteiger partial charge in [-0.15, -0.1) is 0 Å². The zero-order chi connectivity index (χ0) is 18.7. The van der Waals surface area contributed by atoms with Crippen LogP contribution in [-0.4, -0.2) is 49.9 Å². The normalized spacial score (nSPS) is 12.2. The molecule has 140 valence electrons. The maximum absolute atomic E-state index is 12.0. The highest BCUT2D eigenvalue weighted by atomic mass is 32.2. The minimum Gasteiger partial charge on any atom is -0.445 e. The number of benzene rings is 1. The first-order chi connectivity index (χ1) is 11.8. The third kappa shape index (κ3) is 9.65. The molecular weight excluding hydrogens is 350 g/mol. The topological polar surface area (TPSA) is 148 Å². The van der Waals surface area contributed by atoms with Crippen molar-refractivity contribution in [1.29, 1.82) is 0 Å². The number of rotatable bonds is 10. The molecule has 1 aromatic carbocycles. The SMILES string of the molecule is NCCC[C@H](NC(=O)OCc1ccccc1)C(=O)NCCS(=O)(=O)O. The van der Waals surface area contributed by atoms with Crippen LogP contribution in [0.4, 0.5) is 4.79 Å². The first kappa shape index (κ1) is 20.9. The predicted octanol–water partition coefficient (Wildman–Crippen LogP) is 0.0243. The molecule has 0 fully saturated rings. The van der Waals surface area contributed by atoms with Crippen LogP contribution < -0.4 is 16.4 Å². The Bertz CT molecular complexity index is 650. The van der Waals surface area contributed by atoms with Crippen LogP contribution in [0, 0.1) is 0 Å². The summed E-state index contributed by atoms with van der Waals surface area (Å²) in [6.45, 7) is 0.119. The van der Waals surface area contributed by atoms with E-state index in [4.69, 9.17) is 15.0 Å². The number of nitrogens with one attached hydrogen (secondary N) is 2. The molecular formula is C15H23N3O6S. The molecule has 10 heteroatoms. The molecule has 0 aliphatic carbocycles. The smallest absolute Gasteiger partial charge is 0.408 e. The number of alkyl carbamates (subject to hydrolysis) is 1. The van der Waals surface area contributed by atoms with E-state index in [1.165, 1.54) is 0 Å². The third-order valence-electron chi connectivity index (χ3n) is 3.18. The molecule has 5 N–H and O–H groups in total. The second-order valence-corrected chi connectivity index (χ2v) is 6.84. The van der Waals surface area contributed by atoms with Crippen LogP contribution in [-0.2, 0) is 26.3 Å². The number of carbonyl (C=O) groups is 2. The number of nitrogens with two attached hydrogens (primary N) is 1. The lowest BCUT2D eigenvalue weighted by Crippen LogP contribution is -2.48. The van der Waals surface area contributed by atoms with E-state index >= 15 is 0 Å². The summed E-state index contributed by atoms with van der Waals surface area (Å²) < 4.78 is 35.0. The first-order valence-electron chi connectivity index (χ1n) is 7.72. The van der Waals surface area contributed by atoms with Gasteiger partial charge in [0.25, 0.3) is 10.1 Å². The summed E-state index contributed by atoms with van der Waals surface area (Å²) in [4.78, 5) is 23.9. The van der Waals surface area contributed by atoms with Gasteiger partial charge in [-0.3, -0.25) is 9.35 Å². The fourth-order valence-electron chi connectivity index (χ4n) is 1.92. The molecule has 1 atom stereocenters. The van der Waals surface area contributed by atoms with Gasteiger partial charge in [-0.1, -0.05) is 30.3 Å². The Morgan fingerprint density at radius 3 is 2.52 bits per heavy atom. The van der Waals surface area contributed by atoms with Crippen molar-refractivity contribution in [2.75, 3.05) is 18.8 Å². The zero-order valence-corrected chi connectivity index (χ0v) is 14.5. The van der Waals surface area contributed by atoms with Gasteiger partial charge < -0.3 is 21.1 Å². The van der Waals surface area contributed by atoms with E-state index in [0.29, 0.717) is 13.0 Å². The molecule has 0 heterocycles. The Labute approximate surface area is 146 Å². The van der Waals surface area contributed by atoms with Gasteiger partial charge in [0.2, 0.25) is 5.91 Å². The van der Waals surface area contributed by atoms with Crippen LogP contribution >= 0.6 is 0 Å². The number of hydrogen-bond donors (Lipinski definition) is 4. The second-order valence-electron chi connectivity index (χ2n) is 5.27. The minimum atomic E-state index is -4.17. The van der Waals surface area contributed by atoms with E-state index in [2.05, 4.69) is 10.6 Å². The number of carbonyl (C=O) groups excluding carboxylic acids is 2. The molecule has 25 heavy (non-hydrogen) atoms. The van der Waals surface area contributed by atoms with Gasteiger partial charge in [-0.25, -0.2) is 4.79 Å². The molecule has 1 rings (SSSR count). The van der Waals surface area contributed by atoms with Gasteiger partial charge in [0.05, 0.1) is 5.75 Å². The minimum absolute atomic E-state index is 0.0562. The van der Waals surface area contributed by atoms with Crippen molar-refractivity contribution < 1.29 is 27.3 Å². The van der Waals surface area contributed by atoms with E-state index in [0.717, 1.165) is 5.56 Å². The molecule has 9 nitrogen and oxygen atoms in total. The maximum atomic E-state index is 12.0. The van der Waals surface area contributed by atoms with Crippen molar-refractivity contribution in [3.63, 3.8) is 0 Å². The summed E-state index contributed by atoms with van der Waals surface area (Å²) >= 11 is 0. The fourth-order valence-corrected chi connectivity index (χ4v) is 2.28. The summed E-state index contributed by atoms with van der Waals surface area (Å²) in [5.74, 6) is -1.19. The van der Waals surface area contributed by atoms with E-state index in [-0.39, 0.29) is 19.6 Å². The molecule has 0 unspecified atom stereocenters. The summed E-state index contributed by atoms with van der Waals surface area (Å²) in [7, 11) is -4.17. The molecule has 2 amide bonds. The van der Waals surface area contributed by atoms with Gasteiger partial charge in [0.15, 0.2) is 0 Å². The van der Waals surface area contributed by atoms with E-state index in [9.17, 15) is 18.0 Å². The van der Waals surface area contributed by atoms with Crippen LogP contribution in [0.3, 0.4) is 0 Å². The highest BCUT2D eigenvalue weighted by Gasteiger charge is 2.21. The first-order valence-corrected chi connectivity index (χ1v) is 9.33. The highest BCUT2D eigenvalue weighted by Crippen LogP contribution is 2.02. The summed E-state index contributed by atoms with van der Waals surface area (Å²) in [5.41, 5.74) is 6.21. The van der Waals surface area contributed by atoms with E-state index in [1.54, 1.807) is 12.1 Å². The number of ether oxygens (including phenoxy) is 1. The molecule has 0 aliphatic heterocycles.